The van der Waals surface area contributed by atoms with Crippen LogP contribution in [0.3, 0.4) is 0 Å². The predicted molar refractivity (Wildman–Crippen MR) is 41.4 cm³/mol. The summed E-state index contributed by atoms with van der Waals surface area (Å²) in [6.07, 6.45) is 2.78. The van der Waals surface area contributed by atoms with E-state index in [1.54, 1.807) is 18.3 Å². The van der Waals surface area contributed by atoms with Crippen LogP contribution in [0.25, 0.3) is 0 Å². The summed E-state index contributed by atoms with van der Waals surface area (Å²) in [6, 6.07) is 5.35. The Balaban J connectivity index is 2.64. The lowest BCUT2D eigenvalue weighted by molar-refractivity contribution is 1.17. The number of azo groups is 1. The molecule has 0 amide bonds. The number of aromatic nitrogens is 1. The molecular weight excluding hydrogens is 142 g/mol. The lowest BCUT2D eigenvalue weighted by Gasteiger charge is -1.84. The monoisotopic (exact) mass is 149 g/mol. The molecule has 11 heavy (non-hydrogen) atoms. The first-order valence-corrected chi connectivity index (χ1v) is 2.97. The molecule has 1 aromatic heterocycles. The molecule has 0 spiro atoms. The molecule has 0 aliphatic heterocycles. The molecule has 0 unspecified atom stereocenters. The van der Waals surface area contributed by atoms with Crippen LogP contribution in [0.2, 0.25) is 0 Å². The van der Waals surface area contributed by atoms with E-state index < -0.39 is 0 Å². The van der Waals surface area contributed by atoms with E-state index in [2.05, 4.69) is 20.3 Å². The van der Waals surface area contributed by atoms with Gasteiger partial charge < -0.3 is 5.84 Å². The number of pyridine rings is 1. The fourth-order valence-corrected chi connectivity index (χ4v) is 0.528. The van der Waals surface area contributed by atoms with Crippen LogP contribution in [0.1, 0.15) is 0 Å². The van der Waals surface area contributed by atoms with Crippen molar-refractivity contribution in [3.05, 3.63) is 24.4 Å². The van der Waals surface area contributed by atoms with Crippen LogP contribution in [0.4, 0.5) is 5.82 Å². The molecule has 1 rings (SSSR count). The number of hydrogen-bond acceptors (Lipinski definition) is 4. The first-order valence-electron chi connectivity index (χ1n) is 2.97. The topological polar surface area (TPSA) is 76.0 Å². The normalized spacial score (nSPS) is 11.3. The van der Waals surface area contributed by atoms with Gasteiger partial charge in [0, 0.05) is 6.20 Å². The SMILES string of the molecule is NN=CN=Nc1ccccn1. The number of nitrogens with two attached hydrogens (primary N) is 1. The van der Waals surface area contributed by atoms with Crippen molar-refractivity contribution in [1.29, 1.82) is 0 Å². The van der Waals surface area contributed by atoms with Crippen molar-refractivity contribution in [1.82, 2.24) is 4.98 Å². The van der Waals surface area contributed by atoms with Crippen LogP contribution in [0, 0.1) is 0 Å². The summed E-state index contributed by atoms with van der Waals surface area (Å²) in [5, 5.41) is 10.3. The number of hydrazone groups is 1. The van der Waals surface area contributed by atoms with Gasteiger partial charge in [-0.2, -0.15) is 5.10 Å². The summed E-state index contributed by atoms with van der Waals surface area (Å²) in [5.74, 6) is 5.32. The molecule has 0 aliphatic carbocycles. The third-order valence-electron chi connectivity index (χ3n) is 0.928. The van der Waals surface area contributed by atoms with Gasteiger partial charge in [0.05, 0.1) is 0 Å². The summed E-state index contributed by atoms with van der Waals surface area (Å²) >= 11 is 0. The van der Waals surface area contributed by atoms with Gasteiger partial charge in [0.1, 0.15) is 0 Å². The molecule has 56 valence electrons. The van der Waals surface area contributed by atoms with E-state index in [1.165, 1.54) is 0 Å². The summed E-state index contributed by atoms with van der Waals surface area (Å²) in [4.78, 5) is 3.89. The molecule has 1 aromatic rings. The fraction of sp³-hybridized carbons (Fsp3) is 0. The lowest BCUT2D eigenvalue weighted by Crippen LogP contribution is -1.77. The number of rotatable bonds is 2. The Kier molecular flexibility index (Phi) is 2.73. The second-order valence-electron chi connectivity index (χ2n) is 1.67. The summed E-state index contributed by atoms with van der Waals surface area (Å²) in [7, 11) is 0. The van der Waals surface area contributed by atoms with Crippen LogP contribution in [0.5, 0.6) is 0 Å². The van der Waals surface area contributed by atoms with Crippen molar-refractivity contribution in [2.24, 2.45) is 21.2 Å². The van der Waals surface area contributed by atoms with E-state index in [0.717, 1.165) is 6.34 Å². The van der Waals surface area contributed by atoms with Gasteiger partial charge in [0.15, 0.2) is 12.2 Å². The maximum atomic E-state index is 4.79. The van der Waals surface area contributed by atoms with Gasteiger partial charge in [0.2, 0.25) is 0 Å². The Hall–Kier alpha value is -1.78. The van der Waals surface area contributed by atoms with Crippen molar-refractivity contribution in [3.8, 4) is 0 Å². The number of hydrogen-bond donors (Lipinski definition) is 1. The molecule has 0 aromatic carbocycles. The average molecular weight is 149 g/mol. The maximum absolute atomic E-state index is 4.79. The van der Waals surface area contributed by atoms with E-state index in [0.29, 0.717) is 5.82 Å². The van der Waals surface area contributed by atoms with Gasteiger partial charge in [-0.3, -0.25) is 0 Å². The quantitative estimate of drug-likeness (QED) is 0.224. The minimum absolute atomic E-state index is 0.535. The molecule has 0 saturated heterocycles. The zero-order valence-corrected chi connectivity index (χ0v) is 5.75. The third kappa shape index (κ3) is 2.53. The summed E-state index contributed by atoms with van der Waals surface area (Å²) in [5.41, 5.74) is 0. The Bertz CT molecular complexity index is 253. The number of nitrogens with zero attached hydrogens (tertiary/aromatic N) is 4. The minimum atomic E-state index is 0.535. The zero-order valence-electron chi connectivity index (χ0n) is 5.75. The second-order valence-corrected chi connectivity index (χ2v) is 1.67. The van der Waals surface area contributed by atoms with Crippen molar-refractivity contribution in [2.75, 3.05) is 0 Å². The Labute approximate surface area is 63.7 Å². The highest BCUT2D eigenvalue weighted by molar-refractivity contribution is 5.54. The van der Waals surface area contributed by atoms with Crippen molar-refractivity contribution in [2.45, 2.75) is 0 Å². The van der Waals surface area contributed by atoms with Gasteiger partial charge in [-0.15, -0.1) is 10.2 Å². The van der Waals surface area contributed by atoms with E-state index in [9.17, 15) is 0 Å². The van der Waals surface area contributed by atoms with Crippen LogP contribution < -0.4 is 5.84 Å². The maximum Gasteiger partial charge on any atom is 0.174 e. The zero-order chi connectivity index (χ0) is 7.94. The molecule has 0 radical (unpaired) electrons. The predicted octanol–water partition coefficient (Wildman–Crippen LogP) is 1.07. The molecule has 0 fully saturated rings. The largest absolute Gasteiger partial charge is 0.322 e. The van der Waals surface area contributed by atoms with E-state index in [1.807, 2.05) is 6.07 Å². The van der Waals surface area contributed by atoms with Gasteiger partial charge in [-0.1, -0.05) is 6.07 Å². The molecule has 1 heterocycles. The van der Waals surface area contributed by atoms with Crippen LogP contribution >= 0.6 is 0 Å². The molecule has 0 aliphatic rings. The standard InChI is InChI=1S/C6H7N5/c7-9-5-10-11-6-3-1-2-4-8-6/h1-5H,7H2. The average Bonchev–Trinajstić information content (AvgIpc) is 2.07. The Morgan fingerprint density at radius 2 is 2.36 bits per heavy atom. The minimum Gasteiger partial charge on any atom is -0.322 e. The molecule has 0 saturated carbocycles. The highest BCUT2D eigenvalue weighted by Crippen LogP contribution is 2.03. The highest BCUT2D eigenvalue weighted by Gasteiger charge is 1.82. The molecular formula is C6H7N5. The van der Waals surface area contributed by atoms with Crippen LogP contribution in [-0.4, -0.2) is 11.3 Å². The third-order valence-corrected chi connectivity index (χ3v) is 0.928. The van der Waals surface area contributed by atoms with E-state index >= 15 is 0 Å². The fourth-order valence-electron chi connectivity index (χ4n) is 0.528. The van der Waals surface area contributed by atoms with Crippen molar-refractivity contribution in [3.63, 3.8) is 0 Å². The van der Waals surface area contributed by atoms with Crippen LogP contribution in [-0.2, 0) is 0 Å². The van der Waals surface area contributed by atoms with Crippen molar-refractivity contribution < 1.29 is 0 Å². The summed E-state index contributed by atoms with van der Waals surface area (Å²) < 4.78 is 0. The first kappa shape index (κ1) is 7.33. The summed E-state index contributed by atoms with van der Waals surface area (Å²) in [6.45, 7) is 0. The Morgan fingerprint density at radius 3 is 3.00 bits per heavy atom. The smallest absolute Gasteiger partial charge is 0.174 e. The van der Waals surface area contributed by atoms with Gasteiger partial charge in [-0.05, 0) is 12.1 Å². The molecule has 2 N–H and O–H groups in total. The molecule has 0 bridgehead atoms. The van der Waals surface area contributed by atoms with E-state index in [-0.39, 0.29) is 0 Å². The lowest BCUT2D eigenvalue weighted by atomic mass is 10.5. The molecule has 0 atom stereocenters. The molecule has 5 nitrogen and oxygen atoms in total. The Morgan fingerprint density at radius 1 is 1.45 bits per heavy atom. The second kappa shape index (κ2) is 4.10. The van der Waals surface area contributed by atoms with Crippen molar-refractivity contribution >= 4 is 12.2 Å². The van der Waals surface area contributed by atoms with Gasteiger partial charge in [-0.25, -0.2) is 4.98 Å². The van der Waals surface area contributed by atoms with Gasteiger partial charge in [0.25, 0.3) is 0 Å². The van der Waals surface area contributed by atoms with Crippen LogP contribution in [0.15, 0.2) is 39.7 Å². The van der Waals surface area contributed by atoms with Gasteiger partial charge >= 0.3 is 0 Å². The molecule has 5 heteroatoms. The first-order chi connectivity index (χ1) is 5.43. The van der Waals surface area contributed by atoms with E-state index in [4.69, 9.17) is 5.84 Å². The highest BCUT2D eigenvalue weighted by atomic mass is 15.2.